The van der Waals surface area contributed by atoms with Gasteiger partial charge in [0.1, 0.15) is 17.4 Å². The van der Waals surface area contributed by atoms with Gasteiger partial charge in [-0.25, -0.2) is 0 Å². The molecule has 5 nitrogen and oxygen atoms in total. The first-order valence-electron chi connectivity index (χ1n) is 8.47. The summed E-state index contributed by atoms with van der Waals surface area (Å²) in [4.78, 5) is 12.6. The van der Waals surface area contributed by atoms with Crippen molar-refractivity contribution in [3.63, 3.8) is 0 Å². The molecule has 0 heterocycles. The van der Waals surface area contributed by atoms with Gasteiger partial charge in [0.25, 0.3) is 5.91 Å². The van der Waals surface area contributed by atoms with Gasteiger partial charge in [-0.15, -0.1) is 0 Å². The summed E-state index contributed by atoms with van der Waals surface area (Å²) in [7, 11) is 1.53. The highest BCUT2D eigenvalue weighted by Crippen LogP contribution is 2.26. The molecule has 0 aromatic heterocycles. The van der Waals surface area contributed by atoms with Crippen molar-refractivity contribution in [2.24, 2.45) is 0 Å². The second kappa shape index (κ2) is 9.29. The summed E-state index contributed by atoms with van der Waals surface area (Å²) < 4.78 is 11.1. The van der Waals surface area contributed by atoms with E-state index in [0.29, 0.717) is 23.4 Å². The van der Waals surface area contributed by atoms with Gasteiger partial charge in [-0.2, -0.15) is 5.26 Å². The van der Waals surface area contributed by atoms with Crippen LogP contribution in [0.5, 0.6) is 5.75 Å². The summed E-state index contributed by atoms with van der Waals surface area (Å²) >= 11 is 0. The van der Waals surface area contributed by atoms with Crippen LogP contribution in [0.25, 0.3) is 0 Å². The van der Waals surface area contributed by atoms with E-state index >= 15 is 0 Å². The molecule has 0 unspecified atom stereocenters. The normalized spacial score (nSPS) is 14.3. The standard InChI is InChI=1S/C19H28N2O3/c1-6-8-11-19(4,23-5)18(22)21-17-10-9-16(12-15(17)13-20)24-14(3)7-2/h9-10,12,14H,6-8,11H2,1-5H3,(H,21,22)/t14-,19-/m0/s1. The lowest BCUT2D eigenvalue weighted by molar-refractivity contribution is -0.136. The Morgan fingerprint density at radius 3 is 2.67 bits per heavy atom. The Kier molecular flexibility index (Phi) is 7.73. The fraction of sp³-hybridized carbons (Fsp3) is 0.579. The summed E-state index contributed by atoms with van der Waals surface area (Å²) in [6, 6.07) is 7.22. The van der Waals surface area contributed by atoms with Crippen LogP contribution in [0.15, 0.2) is 18.2 Å². The number of rotatable bonds is 9. The quantitative estimate of drug-likeness (QED) is 0.733. The molecule has 2 atom stereocenters. The number of benzene rings is 1. The predicted molar refractivity (Wildman–Crippen MR) is 95.1 cm³/mol. The zero-order valence-electron chi connectivity index (χ0n) is 15.3. The van der Waals surface area contributed by atoms with Crippen molar-refractivity contribution in [2.45, 2.75) is 65.1 Å². The molecule has 0 saturated heterocycles. The third kappa shape index (κ3) is 5.24. The van der Waals surface area contributed by atoms with Crippen LogP contribution in [0.1, 0.15) is 58.9 Å². The number of unbranched alkanes of at least 4 members (excludes halogenated alkanes) is 1. The molecule has 0 aliphatic heterocycles. The van der Waals surface area contributed by atoms with E-state index < -0.39 is 5.60 Å². The summed E-state index contributed by atoms with van der Waals surface area (Å²) in [5, 5.41) is 12.2. The Hall–Kier alpha value is -2.06. The minimum Gasteiger partial charge on any atom is -0.491 e. The summed E-state index contributed by atoms with van der Waals surface area (Å²) in [6.07, 6.45) is 3.46. The van der Waals surface area contributed by atoms with Gasteiger partial charge < -0.3 is 14.8 Å². The number of nitriles is 1. The molecule has 5 heteroatoms. The molecule has 1 aromatic rings. The fourth-order valence-corrected chi connectivity index (χ4v) is 2.19. The Morgan fingerprint density at radius 1 is 1.42 bits per heavy atom. The first kappa shape index (κ1) is 20.0. The molecule has 1 N–H and O–H groups in total. The van der Waals surface area contributed by atoms with E-state index in [4.69, 9.17) is 9.47 Å². The monoisotopic (exact) mass is 332 g/mol. The van der Waals surface area contributed by atoms with E-state index in [0.717, 1.165) is 19.3 Å². The highest BCUT2D eigenvalue weighted by molar-refractivity contribution is 5.98. The molecular weight excluding hydrogens is 304 g/mol. The minimum absolute atomic E-state index is 0.0720. The van der Waals surface area contributed by atoms with Gasteiger partial charge in [0.2, 0.25) is 0 Å². The van der Waals surface area contributed by atoms with Crippen LogP contribution < -0.4 is 10.1 Å². The van der Waals surface area contributed by atoms with Gasteiger partial charge in [-0.05, 0) is 38.8 Å². The van der Waals surface area contributed by atoms with Crippen molar-refractivity contribution in [1.82, 2.24) is 0 Å². The second-order valence-electron chi connectivity index (χ2n) is 6.15. The molecule has 0 aliphatic carbocycles. The highest BCUT2D eigenvalue weighted by atomic mass is 16.5. The number of hydrogen-bond acceptors (Lipinski definition) is 4. The van der Waals surface area contributed by atoms with Gasteiger partial charge in [0, 0.05) is 13.2 Å². The van der Waals surface area contributed by atoms with Crippen molar-refractivity contribution in [1.29, 1.82) is 5.26 Å². The topological polar surface area (TPSA) is 71.3 Å². The summed E-state index contributed by atoms with van der Waals surface area (Å²) in [5.41, 5.74) is -0.0638. The first-order chi connectivity index (χ1) is 11.4. The minimum atomic E-state index is -0.908. The number of anilines is 1. The van der Waals surface area contributed by atoms with E-state index in [-0.39, 0.29) is 12.0 Å². The molecule has 132 valence electrons. The van der Waals surface area contributed by atoms with Gasteiger partial charge in [-0.1, -0.05) is 26.7 Å². The lowest BCUT2D eigenvalue weighted by Gasteiger charge is -2.27. The molecule has 0 spiro atoms. The number of methoxy groups -OCH3 is 1. The van der Waals surface area contributed by atoms with E-state index in [1.165, 1.54) is 7.11 Å². The fourth-order valence-electron chi connectivity index (χ4n) is 2.19. The van der Waals surface area contributed by atoms with E-state index in [9.17, 15) is 10.1 Å². The van der Waals surface area contributed by atoms with Gasteiger partial charge in [-0.3, -0.25) is 4.79 Å². The van der Waals surface area contributed by atoms with Crippen molar-refractivity contribution in [3.8, 4) is 11.8 Å². The SMILES string of the molecule is CCCC[C@](C)(OC)C(=O)Nc1ccc(O[C@@H](C)CC)cc1C#N. The van der Waals surface area contributed by atoms with E-state index in [1.54, 1.807) is 25.1 Å². The van der Waals surface area contributed by atoms with E-state index in [2.05, 4.69) is 18.3 Å². The third-order valence-corrected chi connectivity index (χ3v) is 4.21. The largest absolute Gasteiger partial charge is 0.491 e. The Labute approximate surface area is 145 Å². The lowest BCUT2D eigenvalue weighted by Crippen LogP contribution is -2.42. The van der Waals surface area contributed by atoms with Crippen LogP contribution in [0.3, 0.4) is 0 Å². The van der Waals surface area contributed by atoms with Crippen LogP contribution in [-0.2, 0) is 9.53 Å². The second-order valence-corrected chi connectivity index (χ2v) is 6.15. The molecule has 1 rings (SSSR count). The molecule has 1 amide bonds. The molecule has 0 aliphatic rings. The molecule has 24 heavy (non-hydrogen) atoms. The zero-order valence-corrected chi connectivity index (χ0v) is 15.3. The van der Waals surface area contributed by atoms with Gasteiger partial charge in [0.15, 0.2) is 0 Å². The van der Waals surface area contributed by atoms with Crippen LogP contribution >= 0.6 is 0 Å². The van der Waals surface area contributed by atoms with Gasteiger partial charge in [0.05, 0.1) is 17.4 Å². The van der Waals surface area contributed by atoms with Crippen LogP contribution in [-0.4, -0.2) is 24.7 Å². The number of ether oxygens (including phenoxy) is 2. The predicted octanol–water partition coefficient (Wildman–Crippen LogP) is 4.27. The third-order valence-electron chi connectivity index (χ3n) is 4.21. The van der Waals surface area contributed by atoms with Crippen LogP contribution in [0.2, 0.25) is 0 Å². The average Bonchev–Trinajstić information content (AvgIpc) is 2.60. The molecule has 0 radical (unpaired) electrons. The molecule has 0 fully saturated rings. The number of nitrogens with zero attached hydrogens (tertiary/aromatic N) is 1. The average molecular weight is 332 g/mol. The Balaban J connectivity index is 2.94. The number of amides is 1. The number of nitrogens with one attached hydrogen (secondary N) is 1. The first-order valence-corrected chi connectivity index (χ1v) is 8.47. The Bertz CT molecular complexity index is 595. The summed E-state index contributed by atoms with van der Waals surface area (Å²) in [5.74, 6) is 0.380. The smallest absolute Gasteiger partial charge is 0.256 e. The number of hydrogen-bond donors (Lipinski definition) is 1. The number of carbonyl (C=O) groups excluding carboxylic acids is 1. The molecular formula is C19H28N2O3. The van der Waals surface area contributed by atoms with Crippen LogP contribution in [0.4, 0.5) is 5.69 Å². The molecule has 0 saturated carbocycles. The van der Waals surface area contributed by atoms with Crippen molar-refractivity contribution in [3.05, 3.63) is 23.8 Å². The van der Waals surface area contributed by atoms with Crippen molar-refractivity contribution < 1.29 is 14.3 Å². The maximum absolute atomic E-state index is 12.6. The zero-order chi connectivity index (χ0) is 18.2. The Morgan fingerprint density at radius 2 is 2.12 bits per heavy atom. The molecule has 1 aromatic carbocycles. The number of carbonyl (C=O) groups is 1. The van der Waals surface area contributed by atoms with Crippen molar-refractivity contribution >= 4 is 11.6 Å². The maximum atomic E-state index is 12.6. The highest BCUT2D eigenvalue weighted by Gasteiger charge is 2.32. The van der Waals surface area contributed by atoms with Crippen LogP contribution in [0, 0.1) is 11.3 Å². The van der Waals surface area contributed by atoms with E-state index in [1.807, 2.05) is 13.8 Å². The maximum Gasteiger partial charge on any atom is 0.256 e. The van der Waals surface area contributed by atoms with Crippen molar-refractivity contribution in [2.75, 3.05) is 12.4 Å². The molecule has 0 bridgehead atoms. The summed E-state index contributed by atoms with van der Waals surface area (Å²) in [6.45, 7) is 7.84. The lowest BCUT2D eigenvalue weighted by atomic mass is 9.97. The van der Waals surface area contributed by atoms with Gasteiger partial charge >= 0.3 is 0 Å².